The molecule has 68 heavy (non-hydrogen) atoms. The van der Waals surface area contributed by atoms with Crippen LogP contribution < -0.4 is 9.80 Å². The van der Waals surface area contributed by atoms with E-state index >= 15 is 0 Å². The zero-order valence-corrected chi connectivity index (χ0v) is 38.6. The molecule has 1 aromatic heterocycles. The zero-order valence-electron chi connectivity index (χ0n) is 37.0. The molecule has 0 aliphatic rings. The van der Waals surface area contributed by atoms with Gasteiger partial charge in [0.15, 0.2) is 0 Å². The van der Waals surface area contributed by atoms with Crippen molar-refractivity contribution >= 4 is 88.7 Å². The molecule has 2 nitrogen and oxygen atoms in total. The first-order valence-electron chi connectivity index (χ1n) is 22.9. The third-order valence-corrected chi connectivity index (χ3v) is 14.1. The number of hydrogen-bond donors (Lipinski definition) is 0. The Kier molecular flexibility index (Phi) is 10.8. The number of fused-ring (bicyclic) bond motifs is 3. The Balaban J connectivity index is 1.16. The molecule has 0 spiro atoms. The molecule has 0 N–H and O–H groups in total. The van der Waals surface area contributed by atoms with Crippen LogP contribution in [0, 0.1) is 0 Å². The summed E-state index contributed by atoms with van der Waals surface area (Å²) in [4.78, 5) is 4.84. The quantitative estimate of drug-likeness (QED) is 0.126. The molecule has 12 aromatic rings. The van der Waals surface area contributed by atoms with Crippen LogP contribution in [0.3, 0.4) is 0 Å². The molecular weight excluding hydrogens is 864 g/mol. The minimum atomic E-state index is 0.666. The smallest absolute Gasteiger partial charge is 0.0647 e. The number of anilines is 6. The van der Waals surface area contributed by atoms with Crippen molar-refractivity contribution < 1.29 is 0 Å². The van der Waals surface area contributed by atoms with Gasteiger partial charge < -0.3 is 9.80 Å². The number of hydrogen-bond acceptors (Lipinski definition) is 3. The minimum absolute atomic E-state index is 0.666. The second kappa shape index (κ2) is 17.9. The fraction of sp³-hybridized carbons (Fsp3) is 0. The van der Waals surface area contributed by atoms with Crippen LogP contribution in [0.25, 0.3) is 76.1 Å². The Morgan fingerprint density at radius 1 is 0.309 bits per heavy atom. The van der Waals surface area contributed by atoms with E-state index in [9.17, 15) is 0 Å². The maximum absolute atomic E-state index is 6.93. The lowest BCUT2D eigenvalue weighted by atomic mass is 9.90. The van der Waals surface area contributed by atoms with Gasteiger partial charge in [-0.15, -0.1) is 11.3 Å². The van der Waals surface area contributed by atoms with E-state index in [0.717, 1.165) is 67.5 Å². The monoisotopic (exact) mass is 906 g/mol. The predicted molar refractivity (Wildman–Crippen MR) is 293 cm³/mol. The first-order valence-corrected chi connectivity index (χ1v) is 24.2. The van der Waals surface area contributed by atoms with E-state index in [0.29, 0.717) is 5.02 Å². The Morgan fingerprint density at radius 2 is 0.824 bits per heavy atom. The molecule has 0 fully saturated rings. The number of nitrogens with zero attached hydrogens (tertiary/aromatic N) is 2. The summed E-state index contributed by atoms with van der Waals surface area (Å²) in [5.74, 6) is 0. The van der Waals surface area contributed by atoms with Gasteiger partial charge in [0, 0.05) is 48.7 Å². The Morgan fingerprint density at radius 3 is 1.49 bits per heavy atom. The van der Waals surface area contributed by atoms with Crippen molar-refractivity contribution in [1.29, 1.82) is 0 Å². The Bertz CT molecular complexity index is 3730. The molecule has 11 aromatic carbocycles. The van der Waals surface area contributed by atoms with Gasteiger partial charge in [0.2, 0.25) is 0 Å². The molecule has 0 aliphatic carbocycles. The number of halogens is 1. The molecule has 322 valence electrons. The van der Waals surface area contributed by atoms with Gasteiger partial charge in [-0.25, -0.2) is 0 Å². The van der Waals surface area contributed by atoms with Crippen LogP contribution in [0.1, 0.15) is 0 Å². The topological polar surface area (TPSA) is 6.48 Å². The predicted octanol–water partition coefficient (Wildman–Crippen LogP) is 19.5. The first-order chi connectivity index (χ1) is 33.6. The van der Waals surface area contributed by atoms with Crippen LogP contribution in [0.5, 0.6) is 0 Å². The third kappa shape index (κ3) is 7.68. The van der Waals surface area contributed by atoms with Gasteiger partial charge in [-0.1, -0.05) is 200 Å². The molecule has 12 rings (SSSR count). The average molecular weight is 908 g/mol. The summed E-state index contributed by atoms with van der Waals surface area (Å²) in [5, 5.41) is 9.08. The molecular formula is C64H43ClN2S. The second-order valence-corrected chi connectivity index (χ2v) is 18.4. The van der Waals surface area contributed by atoms with E-state index in [1.807, 2.05) is 12.1 Å². The molecule has 0 saturated carbocycles. The normalized spacial score (nSPS) is 11.3. The van der Waals surface area contributed by atoms with Crippen LogP contribution in [-0.4, -0.2) is 0 Å². The van der Waals surface area contributed by atoms with Gasteiger partial charge >= 0.3 is 0 Å². The van der Waals surface area contributed by atoms with Crippen molar-refractivity contribution in [2.75, 3.05) is 9.80 Å². The standard InChI is InChI=1S/C64H43ClN2S/c65-51-27-18-28-52(41-51)66(60-34-14-11-29-55(60)44-19-3-1-4-20-44)53-39-50(46-25-17-26-49(37-46)64-57-31-9-7-23-47(57)38-48-24-8-10-32-58(48)64)40-54(42-53)67(62-43-68-63-36-16-13-33-59(62)63)61-35-15-12-30-56(61)45-21-5-2-6-22-45/h1-43H. The van der Waals surface area contributed by atoms with E-state index in [2.05, 4.69) is 258 Å². The molecule has 0 aliphatic heterocycles. The highest BCUT2D eigenvalue weighted by Crippen LogP contribution is 2.50. The summed E-state index contributed by atoms with van der Waals surface area (Å²) in [6.45, 7) is 0. The van der Waals surface area contributed by atoms with Crippen molar-refractivity contribution in [1.82, 2.24) is 0 Å². The lowest BCUT2D eigenvalue weighted by molar-refractivity contribution is 1.26. The highest BCUT2D eigenvalue weighted by Gasteiger charge is 2.25. The maximum atomic E-state index is 6.93. The summed E-state index contributed by atoms with van der Waals surface area (Å²) >= 11 is 8.71. The van der Waals surface area contributed by atoms with Gasteiger partial charge in [0.05, 0.1) is 17.1 Å². The molecule has 0 saturated heterocycles. The molecule has 0 amide bonds. The number of para-hydroxylation sites is 2. The van der Waals surface area contributed by atoms with Crippen LogP contribution in [0.4, 0.5) is 34.1 Å². The van der Waals surface area contributed by atoms with Crippen molar-refractivity contribution in [3.63, 3.8) is 0 Å². The highest BCUT2D eigenvalue weighted by molar-refractivity contribution is 7.17. The average Bonchev–Trinajstić information content (AvgIpc) is 3.82. The second-order valence-electron chi connectivity index (χ2n) is 17.0. The molecule has 0 unspecified atom stereocenters. The van der Waals surface area contributed by atoms with E-state index in [4.69, 9.17) is 11.6 Å². The van der Waals surface area contributed by atoms with Gasteiger partial charge in [0.25, 0.3) is 0 Å². The van der Waals surface area contributed by atoms with Crippen molar-refractivity contribution in [3.05, 3.63) is 265 Å². The molecule has 0 bridgehead atoms. The Hall–Kier alpha value is -8.21. The molecule has 0 radical (unpaired) electrons. The summed E-state index contributed by atoms with van der Waals surface area (Å²) < 4.78 is 1.23. The number of rotatable bonds is 10. The van der Waals surface area contributed by atoms with Crippen LogP contribution in [0.2, 0.25) is 5.02 Å². The summed E-state index contributed by atoms with van der Waals surface area (Å²) in [6, 6.07) is 91.8. The zero-order chi connectivity index (χ0) is 45.4. The van der Waals surface area contributed by atoms with Crippen molar-refractivity contribution in [2.24, 2.45) is 0 Å². The van der Waals surface area contributed by atoms with Crippen molar-refractivity contribution in [2.45, 2.75) is 0 Å². The van der Waals surface area contributed by atoms with Gasteiger partial charge in [-0.05, 0) is 122 Å². The highest BCUT2D eigenvalue weighted by atomic mass is 35.5. The van der Waals surface area contributed by atoms with Gasteiger partial charge in [-0.3, -0.25) is 0 Å². The molecule has 4 heteroatoms. The SMILES string of the molecule is Clc1cccc(N(c2cc(-c3cccc(-c4c5ccccc5cc5ccccc45)c3)cc(N(c3ccccc3-c3ccccc3)c3csc4ccccc34)c2)c2ccccc2-c2ccccc2)c1. The lowest BCUT2D eigenvalue weighted by Gasteiger charge is -2.32. The fourth-order valence-corrected chi connectivity index (χ4v) is 11.0. The van der Waals surface area contributed by atoms with E-state index in [-0.39, 0.29) is 0 Å². The summed E-state index contributed by atoms with van der Waals surface area (Å²) in [6.07, 6.45) is 0. The van der Waals surface area contributed by atoms with E-state index in [1.54, 1.807) is 11.3 Å². The number of benzene rings is 11. The lowest BCUT2D eigenvalue weighted by Crippen LogP contribution is -2.14. The van der Waals surface area contributed by atoms with E-state index in [1.165, 1.54) is 42.8 Å². The van der Waals surface area contributed by atoms with Gasteiger partial charge in [-0.2, -0.15) is 0 Å². The van der Waals surface area contributed by atoms with Crippen LogP contribution in [0.15, 0.2) is 260 Å². The minimum Gasteiger partial charge on any atom is -0.310 e. The largest absolute Gasteiger partial charge is 0.310 e. The van der Waals surface area contributed by atoms with Crippen LogP contribution in [-0.2, 0) is 0 Å². The first kappa shape index (κ1) is 41.2. The summed E-state index contributed by atoms with van der Waals surface area (Å²) in [5.41, 5.74) is 15.3. The van der Waals surface area contributed by atoms with Gasteiger partial charge in [0.1, 0.15) is 0 Å². The maximum Gasteiger partial charge on any atom is 0.0647 e. The van der Waals surface area contributed by atoms with Crippen molar-refractivity contribution in [3.8, 4) is 44.5 Å². The molecule has 1 heterocycles. The fourth-order valence-electron chi connectivity index (χ4n) is 9.85. The Labute approximate surface area is 405 Å². The van der Waals surface area contributed by atoms with Crippen LogP contribution >= 0.6 is 22.9 Å². The third-order valence-electron chi connectivity index (χ3n) is 12.9. The van der Waals surface area contributed by atoms with E-state index < -0.39 is 0 Å². The molecule has 0 atom stereocenters. The number of thiophene rings is 1. The summed E-state index contributed by atoms with van der Waals surface area (Å²) in [7, 11) is 0.